The smallest absolute Gasteiger partial charge is 0.308 e. The van der Waals surface area contributed by atoms with E-state index in [1.807, 2.05) is 12.1 Å². The molecule has 0 fully saturated rings. The maximum Gasteiger partial charge on any atom is 0.416 e. The van der Waals surface area contributed by atoms with E-state index in [2.05, 4.69) is 0 Å². The van der Waals surface area contributed by atoms with E-state index < -0.39 is 47.0 Å². The van der Waals surface area contributed by atoms with Gasteiger partial charge in [-0.25, -0.2) is 15.0 Å². The molecule has 0 aliphatic heterocycles. The number of benzene rings is 7. The summed E-state index contributed by atoms with van der Waals surface area (Å²) in [5.74, 6) is -0.789. The fraction of sp³-hybridized carbons (Fsp3) is 0.0784. The summed E-state index contributed by atoms with van der Waals surface area (Å²) in [6.07, 6.45) is -19.6. The summed E-state index contributed by atoms with van der Waals surface area (Å²) in [5.41, 5.74) is -5.62. The van der Waals surface area contributed by atoms with Crippen molar-refractivity contribution >= 4 is 43.6 Å². The van der Waals surface area contributed by atoms with Gasteiger partial charge in [-0.3, -0.25) is 0 Å². The van der Waals surface area contributed by atoms with Crippen LogP contribution in [-0.4, -0.2) is 24.1 Å². The van der Waals surface area contributed by atoms with Crippen molar-refractivity contribution in [2.75, 3.05) is 0 Å². The third kappa shape index (κ3) is 7.74. The molecule has 19 heteroatoms. The van der Waals surface area contributed by atoms with Gasteiger partial charge in [0.25, 0.3) is 0 Å². The van der Waals surface area contributed by atoms with Crippen molar-refractivity contribution in [3.8, 4) is 57.7 Å². The van der Waals surface area contributed by atoms with Gasteiger partial charge >= 0.3 is 24.7 Å². The first-order valence-corrected chi connectivity index (χ1v) is 20.5. The summed E-state index contributed by atoms with van der Waals surface area (Å²) in [7, 11) is 0. The molecule has 0 saturated carbocycles. The third-order valence-electron chi connectivity index (χ3n) is 11.7. The van der Waals surface area contributed by atoms with Crippen molar-refractivity contribution in [2.45, 2.75) is 24.7 Å². The summed E-state index contributed by atoms with van der Waals surface area (Å²) in [4.78, 5) is 14.2. The number of nitriles is 2. The number of alkyl halides is 12. The Morgan fingerprint density at radius 2 is 0.671 bits per heavy atom. The van der Waals surface area contributed by atoms with E-state index in [1.54, 1.807) is 30.3 Å². The lowest BCUT2D eigenvalue weighted by Gasteiger charge is -2.18. The zero-order valence-electron chi connectivity index (χ0n) is 34.9. The molecule has 0 aliphatic rings. The highest BCUT2D eigenvalue weighted by atomic mass is 19.4. The zero-order chi connectivity index (χ0) is 49.7. The van der Waals surface area contributed by atoms with Crippen LogP contribution in [0.3, 0.4) is 0 Å². The molecule has 0 amide bonds. The first-order chi connectivity index (χ1) is 33.1. The van der Waals surface area contributed by atoms with E-state index in [-0.39, 0.29) is 94.7 Å². The molecule has 10 rings (SSSR count). The average Bonchev–Trinajstić information content (AvgIpc) is 3.84. The SMILES string of the molecule is N#Cc1ccc(-n2c3cc(C(F)(F)F)ccc3c3ccc(C(F)(F)F)cc32)c(-c2nc(-c3ccccc3)nc(-c3cc(C#N)ccc3-n3c4cc(C(F)(F)F)ccc4c4ccc(C(F)(F)F)cc43)n2)c1. The predicted molar refractivity (Wildman–Crippen MR) is 234 cm³/mol. The highest BCUT2D eigenvalue weighted by Crippen LogP contribution is 2.44. The van der Waals surface area contributed by atoms with Crippen LogP contribution < -0.4 is 0 Å². The van der Waals surface area contributed by atoms with Crippen LogP contribution in [0.25, 0.3) is 89.2 Å². The van der Waals surface area contributed by atoms with Crippen molar-refractivity contribution in [3.05, 3.63) is 173 Å². The largest absolute Gasteiger partial charge is 0.416 e. The van der Waals surface area contributed by atoms with Crippen LogP contribution in [0.1, 0.15) is 33.4 Å². The molecule has 0 saturated heterocycles. The van der Waals surface area contributed by atoms with Gasteiger partial charge in [-0.15, -0.1) is 0 Å². The van der Waals surface area contributed by atoms with Gasteiger partial charge in [-0.2, -0.15) is 63.2 Å². The number of hydrogen-bond donors (Lipinski definition) is 0. The van der Waals surface area contributed by atoms with Gasteiger partial charge in [0.1, 0.15) is 0 Å². The number of aromatic nitrogens is 5. The molecule has 0 unspecified atom stereocenters. The van der Waals surface area contributed by atoms with Crippen LogP contribution in [0.5, 0.6) is 0 Å². The van der Waals surface area contributed by atoms with E-state index in [9.17, 15) is 63.2 Å². The highest BCUT2D eigenvalue weighted by molar-refractivity contribution is 6.11. The normalized spacial score (nSPS) is 12.5. The van der Waals surface area contributed by atoms with Crippen molar-refractivity contribution in [1.82, 2.24) is 24.1 Å². The van der Waals surface area contributed by atoms with Crippen molar-refractivity contribution in [2.24, 2.45) is 0 Å². The van der Waals surface area contributed by atoms with Crippen LogP contribution in [-0.2, 0) is 24.7 Å². The van der Waals surface area contributed by atoms with Crippen molar-refractivity contribution < 1.29 is 52.7 Å². The van der Waals surface area contributed by atoms with Crippen molar-refractivity contribution in [3.63, 3.8) is 0 Å². The van der Waals surface area contributed by atoms with Gasteiger partial charge in [-0.05, 0) is 84.9 Å². The van der Waals surface area contributed by atoms with Crippen molar-refractivity contribution in [1.29, 1.82) is 10.5 Å². The summed E-state index contributed by atoms with van der Waals surface area (Å²) in [6, 6.07) is 30.3. The third-order valence-corrected chi connectivity index (χ3v) is 11.7. The first-order valence-electron chi connectivity index (χ1n) is 20.5. The summed E-state index contributed by atoms with van der Waals surface area (Å²) < 4.78 is 174. The number of rotatable bonds is 5. The van der Waals surface area contributed by atoms with Gasteiger partial charge in [0.05, 0.1) is 79.0 Å². The highest BCUT2D eigenvalue weighted by Gasteiger charge is 2.36. The molecule has 0 radical (unpaired) electrons. The Balaban J connectivity index is 1.32. The number of fused-ring (bicyclic) bond motifs is 6. The van der Waals surface area contributed by atoms with E-state index in [1.165, 1.54) is 36.4 Å². The molecule has 10 aromatic rings. The Kier molecular flexibility index (Phi) is 10.3. The fourth-order valence-electron chi connectivity index (χ4n) is 8.55. The molecule has 0 N–H and O–H groups in total. The standard InChI is InChI=1S/C51H23F12N7/c52-48(53,54)29-8-12-33-34-13-9-30(49(55,56)57)21-42(34)69(41(33)20-29)39-16-6-26(24-64)18-37(39)46-66-45(28-4-2-1-3-5-28)67-47(68-46)38-19-27(25-65)7-17-40(38)70-43-22-31(50(58,59)60)10-14-35(43)36-15-11-32(23-44(36)70)51(61,62)63/h1-23H. The second kappa shape index (κ2) is 15.9. The molecule has 346 valence electrons. The molecule has 70 heavy (non-hydrogen) atoms. The van der Waals surface area contributed by atoms with Crippen LogP contribution in [0.15, 0.2) is 140 Å². The Hall–Kier alpha value is -8.71. The second-order valence-electron chi connectivity index (χ2n) is 15.9. The van der Waals surface area contributed by atoms with Gasteiger partial charge < -0.3 is 9.13 Å². The molecular weight excluding hydrogens is 939 g/mol. The lowest BCUT2D eigenvalue weighted by atomic mass is 10.1. The summed E-state index contributed by atoms with van der Waals surface area (Å²) >= 11 is 0. The zero-order valence-corrected chi connectivity index (χ0v) is 34.9. The van der Waals surface area contributed by atoms with Crippen LogP contribution in [0, 0.1) is 22.7 Å². The fourth-order valence-corrected chi connectivity index (χ4v) is 8.55. The van der Waals surface area contributed by atoms with Crippen LogP contribution in [0.2, 0.25) is 0 Å². The Bertz CT molecular complexity index is 3500. The second-order valence-corrected chi connectivity index (χ2v) is 15.9. The van der Waals surface area contributed by atoms with Gasteiger partial charge in [0.2, 0.25) is 0 Å². The minimum absolute atomic E-state index is 0.0620. The number of halogens is 12. The minimum Gasteiger partial charge on any atom is -0.308 e. The molecule has 3 heterocycles. The minimum atomic E-state index is -4.90. The Morgan fingerprint density at radius 3 is 0.971 bits per heavy atom. The maximum atomic E-state index is 14.3. The van der Waals surface area contributed by atoms with Crippen LogP contribution in [0.4, 0.5) is 52.7 Å². The maximum absolute atomic E-state index is 14.3. The molecule has 0 aliphatic carbocycles. The molecule has 0 bridgehead atoms. The molecule has 0 spiro atoms. The summed E-state index contributed by atoms with van der Waals surface area (Å²) in [5, 5.41) is 20.8. The van der Waals surface area contributed by atoms with Crippen LogP contribution >= 0.6 is 0 Å². The number of nitrogens with zero attached hydrogens (tertiary/aromatic N) is 7. The predicted octanol–water partition coefficient (Wildman–Crippen LogP) is 14.9. The average molecular weight is 962 g/mol. The monoisotopic (exact) mass is 961 g/mol. The molecule has 3 aromatic heterocycles. The van der Waals surface area contributed by atoms with E-state index in [4.69, 9.17) is 15.0 Å². The quantitative estimate of drug-likeness (QED) is 0.160. The topological polar surface area (TPSA) is 96.1 Å². The summed E-state index contributed by atoms with van der Waals surface area (Å²) in [6.45, 7) is 0. The van der Waals surface area contributed by atoms with E-state index in [0.29, 0.717) is 5.56 Å². The molecule has 7 nitrogen and oxygen atoms in total. The molecule has 0 atom stereocenters. The first kappa shape index (κ1) is 45.1. The van der Waals surface area contributed by atoms with Gasteiger partial charge in [0.15, 0.2) is 17.5 Å². The van der Waals surface area contributed by atoms with E-state index in [0.717, 1.165) is 81.9 Å². The Morgan fingerprint density at radius 1 is 0.357 bits per heavy atom. The lowest BCUT2D eigenvalue weighted by Crippen LogP contribution is -2.08. The number of hydrogen-bond acceptors (Lipinski definition) is 5. The van der Waals surface area contributed by atoms with E-state index >= 15 is 0 Å². The lowest BCUT2D eigenvalue weighted by molar-refractivity contribution is -0.138. The molecular formula is C51H23F12N7. The molecule has 7 aromatic carbocycles. The van der Waals surface area contributed by atoms with Gasteiger partial charge in [0, 0.05) is 38.2 Å². The Labute approximate surface area is 385 Å². The van der Waals surface area contributed by atoms with Gasteiger partial charge in [-0.1, -0.05) is 54.6 Å².